The number of hydrogen-bond donors (Lipinski definition) is 1. The Hall–Kier alpha value is -1.01. The zero-order valence-electron chi connectivity index (χ0n) is 12.2. The van der Waals surface area contributed by atoms with Gasteiger partial charge >= 0.3 is 5.97 Å². The van der Waals surface area contributed by atoms with Crippen LogP contribution < -0.4 is 0 Å². The van der Waals surface area contributed by atoms with Crippen LogP contribution in [0, 0.1) is 0 Å². The van der Waals surface area contributed by atoms with Gasteiger partial charge in [0.1, 0.15) is 6.04 Å². The second-order valence-corrected chi connectivity index (χ2v) is 7.41. The van der Waals surface area contributed by atoms with Crippen LogP contribution in [0.3, 0.4) is 0 Å². The van der Waals surface area contributed by atoms with Crippen molar-refractivity contribution in [3.8, 4) is 0 Å². The third kappa shape index (κ3) is 4.23. The van der Waals surface area contributed by atoms with Gasteiger partial charge in [0.05, 0.1) is 5.37 Å². The zero-order valence-corrected chi connectivity index (χ0v) is 13.8. The van der Waals surface area contributed by atoms with Gasteiger partial charge in [-0.25, -0.2) is 4.79 Å². The van der Waals surface area contributed by atoms with E-state index in [9.17, 15) is 14.7 Å². The Morgan fingerprint density at radius 3 is 2.90 bits per heavy atom. The van der Waals surface area contributed by atoms with E-state index < -0.39 is 12.0 Å². The minimum atomic E-state index is -0.882. The normalized spacial score (nSPS) is 21.7. The average molecular weight is 327 g/mol. The molecule has 1 amide bonds. The summed E-state index contributed by atoms with van der Waals surface area (Å²) >= 11 is 3.30. The Labute approximate surface area is 133 Å². The molecular formula is C15H21NO3S2. The molecule has 0 radical (unpaired) electrons. The van der Waals surface area contributed by atoms with E-state index in [1.54, 1.807) is 28.0 Å². The number of aryl methyl sites for hydroxylation is 1. The molecule has 1 aliphatic rings. The Morgan fingerprint density at radius 1 is 1.48 bits per heavy atom. The molecule has 2 unspecified atom stereocenters. The molecule has 2 rings (SSSR count). The van der Waals surface area contributed by atoms with E-state index in [1.165, 1.54) is 4.88 Å². The van der Waals surface area contributed by atoms with Gasteiger partial charge in [0.15, 0.2) is 0 Å². The summed E-state index contributed by atoms with van der Waals surface area (Å²) in [5.41, 5.74) is 0. The lowest BCUT2D eigenvalue weighted by Crippen LogP contribution is -2.45. The predicted molar refractivity (Wildman–Crippen MR) is 86.7 cm³/mol. The molecule has 1 aromatic rings. The first-order valence-corrected chi connectivity index (χ1v) is 9.24. The lowest BCUT2D eigenvalue weighted by Gasteiger charge is -2.27. The van der Waals surface area contributed by atoms with Gasteiger partial charge in [0.2, 0.25) is 5.91 Å². The van der Waals surface area contributed by atoms with E-state index >= 15 is 0 Å². The lowest BCUT2D eigenvalue weighted by atomic mass is 10.1. The van der Waals surface area contributed by atoms with Gasteiger partial charge in [-0.1, -0.05) is 19.4 Å². The maximum absolute atomic E-state index is 12.4. The molecule has 0 aliphatic carbocycles. The van der Waals surface area contributed by atoms with Crippen molar-refractivity contribution >= 4 is 35.0 Å². The topological polar surface area (TPSA) is 57.6 Å². The summed E-state index contributed by atoms with van der Waals surface area (Å²) in [5, 5.41) is 11.4. The van der Waals surface area contributed by atoms with Crippen molar-refractivity contribution in [1.82, 2.24) is 4.90 Å². The van der Waals surface area contributed by atoms with Crippen molar-refractivity contribution in [2.45, 2.75) is 50.4 Å². The van der Waals surface area contributed by atoms with Gasteiger partial charge in [0, 0.05) is 17.1 Å². The number of nitrogens with zero attached hydrogens (tertiary/aromatic N) is 1. The monoisotopic (exact) mass is 327 g/mol. The molecule has 4 nitrogen and oxygen atoms in total. The fourth-order valence-electron chi connectivity index (χ4n) is 2.56. The van der Waals surface area contributed by atoms with Gasteiger partial charge in [-0.15, -0.1) is 23.1 Å². The molecule has 1 aliphatic heterocycles. The second kappa shape index (κ2) is 7.84. The van der Waals surface area contributed by atoms with E-state index in [0.717, 1.165) is 25.7 Å². The quantitative estimate of drug-likeness (QED) is 0.835. The van der Waals surface area contributed by atoms with Gasteiger partial charge in [0.25, 0.3) is 0 Å². The van der Waals surface area contributed by atoms with E-state index in [2.05, 4.69) is 13.0 Å². The minimum absolute atomic E-state index is 0.0117. The summed E-state index contributed by atoms with van der Waals surface area (Å²) in [4.78, 5) is 26.6. The fourth-order valence-corrected chi connectivity index (χ4v) is 4.84. The summed E-state index contributed by atoms with van der Waals surface area (Å²) in [6, 6.07) is 3.43. The molecule has 2 atom stereocenters. The second-order valence-electron chi connectivity index (χ2n) is 5.16. The van der Waals surface area contributed by atoms with Crippen LogP contribution in [-0.4, -0.2) is 39.1 Å². The molecule has 6 heteroatoms. The molecule has 1 aromatic heterocycles. The van der Waals surface area contributed by atoms with Crippen LogP contribution in [0.4, 0.5) is 0 Å². The number of carboxylic acid groups (broad SMARTS) is 1. The van der Waals surface area contributed by atoms with Crippen LogP contribution in [0.2, 0.25) is 0 Å². The number of thioether (sulfide) groups is 1. The average Bonchev–Trinajstić information content (AvgIpc) is 3.08. The predicted octanol–water partition coefficient (Wildman–Crippen LogP) is 3.23. The smallest absolute Gasteiger partial charge is 0.327 e. The molecule has 2 heterocycles. The fraction of sp³-hybridized carbons (Fsp3) is 0.600. The first kappa shape index (κ1) is 16.4. The SMILES string of the molecule is CCCC1SCC(C(=O)O)N1C(=O)CCCc1cccs1. The number of rotatable bonds is 7. The first-order chi connectivity index (χ1) is 10.1. The van der Waals surface area contributed by atoms with Crippen molar-refractivity contribution in [3.63, 3.8) is 0 Å². The molecule has 1 N–H and O–H groups in total. The van der Waals surface area contributed by atoms with Crippen molar-refractivity contribution in [2.24, 2.45) is 0 Å². The number of carbonyl (C=O) groups excluding carboxylic acids is 1. The summed E-state index contributed by atoms with van der Waals surface area (Å²) < 4.78 is 0. The van der Waals surface area contributed by atoms with E-state index in [0.29, 0.717) is 12.2 Å². The third-order valence-corrected chi connectivity index (χ3v) is 5.89. The number of hydrogen-bond acceptors (Lipinski definition) is 4. The lowest BCUT2D eigenvalue weighted by molar-refractivity contribution is -0.149. The summed E-state index contributed by atoms with van der Waals surface area (Å²) in [5.74, 6) is -0.383. The highest BCUT2D eigenvalue weighted by atomic mass is 32.2. The van der Waals surface area contributed by atoms with Crippen molar-refractivity contribution in [3.05, 3.63) is 22.4 Å². The Balaban J connectivity index is 1.91. The van der Waals surface area contributed by atoms with Crippen LogP contribution in [0.15, 0.2) is 17.5 Å². The molecule has 1 fully saturated rings. The summed E-state index contributed by atoms with van der Waals surface area (Å²) in [7, 11) is 0. The number of thiophene rings is 1. The highest BCUT2D eigenvalue weighted by Gasteiger charge is 2.40. The van der Waals surface area contributed by atoms with Gasteiger partial charge in [-0.2, -0.15) is 0 Å². The van der Waals surface area contributed by atoms with Crippen LogP contribution in [0.5, 0.6) is 0 Å². The van der Waals surface area contributed by atoms with Crippen molar-refractivity contribution in [2.75, 3.05) is 5.75 Å². The Bertz CT molecular complexity index is 475. The minimum Gasteiger partial charge on any atom is -0.480 e. The maximum Gasteiger partial charge on any atom is 0.327 e. The highest BCUT2D eigenvalue weighted by Crippen LogP contribution is 2.33. The van der Waals surface area contributed by atoms with Crippen LogP contribution in [0.1, 0.15) is 37.5 Å². The van der Waals surface area contributed by atoms with Crippen LogP contribution in [-0.2, 0) is 16.0 Å². The molecule has 0 saturated carbocycles. The van der Waals surface area contributed by atoms with Gasteiger partial charge in [-0.3, -0.25) is 4.79 Å². The molecule has 116 valence electrons. The molecule has 1 saturated heterocycles. The molecule has 0 spiro atoms. The molecular weight excluding hydrogens is 306 g/mol. The third-order valence-electron chi connectivity index (χ3n) is 3.60. The first-order valence-electron chi connectivity index (χ1n) is 7.31. The molecule has 0 aromatic carbocycles. The number of carbonyl (C=O) groups is 2. The highest BCUT2D eigenvalue weighted by molar-refractivity contribution is 8.00. The van der Waals surface area contributed by atoms with E-state index in [-0.39, 0.29) is 11.3 Å². The maximum atomic E-state index is 12.4. The van der Waals surface area contributed by atoms with E-state index in [4.69, 9.17) is 0 Å². The number of carboxylic acids is 1. The van der Waals surface area contributed by atoms with Crippen molar-refractivity contribution in [1.29, 1.82) is 0 Å². The largest absolute Gasteiger partial charge is 0.480 e. The summed E-state index contributed by atoms with van der Waals surface area (Å²) in [6.07, 6.45) is 3.93. The summed E-state index contributed by atoms with van der Waals surface area (Å²) in [6.45, 7) is 2.06. The standard InChI is InChI=1S/C15H21NO3S2/c1-2-5-14-16(12(10-21-14)15(18)19)13(17)8-3-6-11-7-4-9-20-11/h4,7,9,12,14H,2-3,5-6,8,10H2,1H3,(H,18,19). The van der Waals surface area contributed by atoms with E-state index in [1.807, 2.05) is 11.4 Å². The van der Waals surface area contributed by atoms with Crippen LogP contribution >= 0.6 is 23.1 Å². The van der Waals surface area contributed by atoms with Crippen molar-refractivity contribution < 1.29 is 14.7 Å². The number of amides is 1. The Kier molecular flexibility index (Phi) is 6.11. The molecule has 21 heavy (non-hydrogen) atoms. The molecule has 0 bridgehead atoms. The zero-order chi connectivity index (χ0) is 15.2. The Morgan fingerprint density at radius 2 is 2.29 bits per heavy atom. The van der Waals surface area contributed by atoms with Gasteiger partial charge in [-0.05, 0) is 30.7 Å². The van der Waals surface area contributed by atoms with Gasteiger partial charge < -0.3 is 10.0 Å². The van der Waals surface area contributed by atoms with Crippen LogP contribution in [0.25, 0.3) is 0 Å². The number of aliphatic carboxylic acids is 1.